The summed E-state index contributed by atoms with van der Waals surface area (Å²) in [7, 11) is 0. The van der Waals surface area contributed by atoms with E-state index in [2.05, 4.69) is 27.6 Å². The van der Waals surface area contributed by atoms with E-state index in [9.17, 15) is 0 Å². The number of guanidine groups is 1. The fourth-order valence-corrected chi connectivity index (χ4v) is 2.46. The van der Waals surface area contributed by atoms with E-state index in [1.165, 1.54) is 32.1 Å². The molecule has 0 bridgehead atoms. The standard InChI is InChI=1S/C14H25N5.HI/c1-2-15-14(18-13-7-4-3-5-8-13)16-10-12-19-11-6-9-17-19;/h6,9,11,13H,2-5,7-8,10,12H2,1H3,(H2,15,16,18);1H. The zero-order chi connectivity index (χ0) is 13.3. The Morgan fingerprint density at radius 1 is 1.35 bits per heavy atom. The van der Waals surface area contributed by atoms with Gasteiger partial charge in [0.1, 0.15) is 0 Å². The van der Waals surface area contributed by atoms with Crippen molar-refractivity contribution in [1.82, 2.24) is 20.4 Å². The van der Waals surface area contributed by atoms with Crippen LogP contribution in [0.1, 0.15) is 39.0 Å². The largest absolute Gasteiger partial charge is 0.357 e. The van der Waals surface area contributed by atoms with Crippen molar-refractivity contribution < 1.29 is 0 Å². The molecule has 0 spiro atoms. The fraction of sp³-hybridized carbons (Fsp3) is 0.714. The Kier molecular flexibility index (Phi) is 8.64. The van der Waals surface area contributed by atoms with E-state index in [1.807, 2.05) is 16.9 Å². The Hall–Kier alpha value is -0.790. The Bertz CT molecular complexity index is 371. The monoisotopic (exact) mass is 391 g/mol. The Labute approximate surface area is 138 Å². The van der Waals surface area contributed by atoms with Crippen molar-refractivity contribution >= 4 is 29.9 Å². The molecular formula is C14H26IN5. The minimum absolute atomic E-state index is 0. The number of hydrogen-bond donors (Lipinski definition) is 2. The summed E-state index contributed by atoms with van der Waals surface area (Å²) in [6, 6.07) is 2.53. The highest BCUT2D eigenvalue weighted by atomic mass is 127. The average Bonchev–Trinajstić information content (AvgIpc) is 2.93. The lowest BCUT2D eigenvalue weighted by Gasteiger charge is -2.24. The van der Waals surface area contributed by atoms with Crippen molar-refractivity contribution in [3.8, 4) is 0 Å². The van der Waals surface area contributed by atoms with Crippen LogP contribution in [0, 0.1) is 0 Å². The molecule has 1 heterocycles. The van der Waals surface area contributed by atoms with Crippen LogP contribution < -0.4 is 10.6 Å². The lowest BCUT2D eigenvalue weighted by atomic mass is 9.96. The molecule has 0 amide bonds. The summed E-state index contributed by atoms with van der Waals surface area (Å²) in [5.41, 5.74) is 0. The van der Waals surface area contributed by atoms with Gasteiger partial charge < -0.3 is 10.6 Å². The van der Waals surface area contributed by atoms with Gasteiger partial charge in [-0.3, -0.25) is 9.67 Å². The summed E-state index contributed by atoms with van der Waals surface area (Å²) >= 11 is 0. The van der Waals surface area contributed by atoms with Gasteiger partial charge in [-0.2, -0.15) is 5.10 Å². The minimum atomic E-state index is 0. The summed E-state index contributed by atoms with van der Waals surface area (Å²) in [5, 5.41) is 11.0. The lowest BCUT2D eigenvalue weighted by molar-refractivity contribution is 0.410. The van der Waals surface area contributed by atoms with Crippen LogP contribution in [0.25, 0.3) is 0 Å². The molecule has 1 aromatic rings. The summed E-state index contributed by atoms with van der Waals surface area (Å²) in [5.74, 6) is 0.946. The second-order valence-corrected chi connectivity index (χ2v) is 5.01. The van der Waals surface area contributed by atoms with Crippen LogP contribution in [-0.4, -0.2) is 34.9 Å². The quantitative estimate of drug-likeness (QED) is 0.461. The van der Waals surface area contributed by atoms with Crippen LogP contribution in [-0.2, 0) is 6.54 Å². The topological polar surface area (TPSA) is 54.2 Å². The van der Waals surface area contributed by atoms with Crippen molar-refractivity contribution in [2.45, 2.75) is 51.6 Å². The zero-order valence-corrected chi connectivity index (χ0v) is 14.5. The summed E-state index contributed by atoms with van der Waals surface area (Å²) in [6.45, 7) is 4.59. The number of hydrogen-bond acceptors (Lipinski definition) is 2. The van der Waals surface area contributed by atoms with Gasteiger partial charge in [-0.15, -0.1) is 24.0 Å². The average molecular weight is 391 g/mol. The summed E-state index contributed by atoms with van der Waals surface area (Å²) < 4.78 is 1.91. The van der Waals surface area contributed by atoms with Crippen molar-refractivity contribution in [2.75, 3.05) is 13.1 Å². The fourth-order valence-electron chi connectivity index (χ4n) is 2.46. The van der Waals surface area contributed by atoms with Crippen LogP contribution in [0.5, 0.6) is 0 Å². The Morgan fingerprint density at radius 3 is 2.80 bits per heavy atom. The predicted molar refractivity (Wildman–Crippen MR) is 93.6 cm³/mol. The molecule has 20 heavy (non-hydrogen) atoms. The van der Waals surface area contributed by atoms with Gasteiger partial charge in [-0.1, -0.05) is 19.3 Å². The highest BCUT2D eigenvalue weighted by Gasteiger charge is 2.14. The number of rotatable bonds is 5. The molecule has 1 aromatic heterocycles. The number of halogens is 1. The molecule has 0 aliphatic heterocycles. The summed E-state index contributed by atoms with van der Waals surface area (Å²) in [6.07, 6.45) is 10.4. The summed E-state index contributed by atoms with van der Waals surface area (Å²) in [4.78, 5) is 4.62. The van der Waals surface area contributed by atoms with E-state index in [1.54, 1.807) is 6.20 Å². The third kappa shape index (κ3) is 6.11. The molecule has 0 radical (unpaired) electrons. The normalized spacial score (nSPS) is 16.6. The van der Waals surface area contributed by atoms with Crippen LogP contribution in [0.4, 0.5) is 0 Å². The van der Waals surface area contributed by atoms with Crippen molar-refractivity contribution in [3.05, 3.63) is 18.5 Å². The van der Waals surface area contributed by atoms with Gasteiger partial charge in [0, 0.05) is 25.0 Å². The maximum Gasteiger partial charge on any atom is 0.191 e. The van der Waals surface area contributed by atoms with Gasteiger partial charge in [-0.05, 0) is 25.8 Å². The first-order chi connectivity index (χ1) is 9.38. The molecule has 1 aliphatic rings. The van der Waals surface area contributed by atoms with E-state index in [0.717, 1.165) is 25.6 Å². The smallest absolute Gasteiger partial charge is 0.191 e. The zero-order valence-electron chi connectivity index (χ0n) is 12.2. The third-order valence-electron chi connectivity index (χ3n) is 3.45. The second-order valence-electron chi connectivity index (χ2n) is 5.01. The molecule has 0 aromatic carbocycles. The van der Waals surface area contributed by atoms with Crippen LogP contribution >= 0.6 is 24.0 Å². The molecule has 114 valence electrons. The first-order valence-corrected chi connectivity index (χ1v) is 7.40. The van der Waals surface area contributed by atoms with Gasteiger partial charge in [0.05, 0.1) is 13.1 Å². The number of aromatic nitrogens is 2. The van der Waals surface area contributed by atoms with Crippen molar-refractivity contribution in [1.29, 1.82) is 0 Å². The SMILES string of the molecule is CCNC(=NCCn1cccn1)NC1CCCCC1.I. The third-order valence-corrected chi connectivity index (χ3v) is 3.45. The van der Waals surface area contributed by atoms with E-state index >= 15 is 0 Å². The Balaban J connectivity index is 0.00000200. The molecule has 6 heteroatoms. The Morgan fingerprint density at radius 2 is 2.15 bits per heavy atom. The van der Waals surface area contributed by atoms with Gasteiger partial charge in [0.2, 0.25) is 0 Å². The van der Waals surface area contributed by atoms with E-state index in [0.29, 0.717) is 6.04 Å². The molecule has 1 fully saturated rings. The molecule has 0 unspecified atom stereocenters. The maximum absolute atomic E-state index is 4.62. The predicted octanol–water partition coefficient (Wildman–Crippen LogP) is 2.39. The molecule has 1 saturated carbocycles. The number of aliphatic imine (C=N–C) groups is 1. The first kappa shape index (κ1) is 17.3. The maximum atomic E-state index is 4.62. The van der Waals surface area contributed by atoms with Crippen LogP contribution in [0.2, 0.25) is 0 Å². The van der Waals surface area contributed by atoms with Gasteiger partial charge in [0.15, 0.2) is 5.96 Å². The molecular weight excluding hydrogens is 365 g/mol. The molecule has 1 aliphatic carbocycles. The van der Waals surface area contributed by atoms with Crippen molar-refractivity contribution in [3.63, 3.8) is 0 Å². The minimum Gasteiger partial charge on any atom is -0.357 e. The van der Waals surface area contributed by atoms with E-state index in [4.69, 9.17) is 0 Å². The van der Waals surface area contributed by atoms with Crippen molar-refractivity contribution in [2.24, 2.45) is 4.99 Å². The molecule has 2 rings (SSSR count). The van der Waals surface area contributed by atoms with E-state index < -0.39 is 0 Å². The highest BCUT2D eigenvalue weighted by Crippen LogP contribution is 2.17. The van der Waals surface area contributed by atoms with Crippen LogP contribution in [0.3, 0.4) is 0 Å². The molecule has 5 nitrogen and oxygen atoms in total. The molecule has 2 N–H and O–H groups in total. The number of nitrogens with one attached hydrogen (secondary N) is 2. The second kappa shape index (κ2) is 10.0. The van der Waals surface area contributed by atoms with Gasteiger partial charge in [-0.25, -0.2) is 0 Å². The highest BCUT2D eigenvalue weighted by molar-refractivity contribution is 14.0. The number of nitrogens with zero attached hydrogens (tertiary/aromatic N) is 3. The van der Waals surface area contributed by atoms with Gasteiger partial charge in [0.25, 0.3) is 0 Å². The van der Waals surface area contributed by atoms with Gasteiger partial charge >= 0.3 is 0 Å². The molecule has 0 saturated heterocycles. The van der Waals surface area contributed by atoms with E-state index in [-0.39, 0.29) is 24.0 Å². The lowest BCUT2D eigenvalue weighted by Crippen LogP contribution is -2.44. The van der Waals surface area contributed by atoms with Crippen LogP contribution in [0.15, 0.2) is 23.5 Å². The molecule has 0 atom stereocenters. The first-order valence-electron chi connectivity index (χ1n) is 7.40.